The van der Waals surface area contributed by atoms with Gasteiger partial charge >= 0.3 is 12.1 Å². The fourth-order valence-corrected chi connectivity index (χ4v) is 5.08. The summed E-state index contributed by atoms with van der Waals surface area (Å²) < 4.78 is 54.7. The minimum Gasteiger partial charge on any atom is -0.480 e. The highest BCUT2D eigenvalue weighted by Crippen LogP contribution is 2.35. The monoisotopic (exact) mass is 611 g/mol. The van der Waals surface area contributed by atoms with Gasteiger partial charge in [-0.15, -0.1) is 0 Å². The quantitative estimate of drug-likeness (QED) is 0.181. The number of carbonyl (C=O) groups excluding carboxylic acids is 1. The normalized spacial score (nSPS) is 12.9. The summed E-state index contributed by atoms with van der Waals surface area (Å²) in [6.45, 7) is 4.65. The molecule has 4 rings (SSSR count). The summed E-state index contributed by atoms with van der Waals surface area (Å²) in [5, 5.41) is 15.3. The van der Waals surface area contributed by atoms with Crippen LogP contribution in [0.5, 0.6) is 0 Å². The molecule has 0 spiro atoms. The Hall–Kier alpha value is -4.74. The van der Waals surface area contributed by atoms with Gasteiger partial charge in [-0.05, 0) is 61.2 Å². The SMILES string of the molecule is CC[C@@H](Nc1cc(C)c(C(=O)N[C@@H](Cc2ccc(-c3ncc(C)cc3N(C)C)c3ncccc23)C(=O)O)c(F)c1)C(F)(F)F. The molecule has 2 atom stereocenters. The van der Waals surface area contributed by atoms with E-state index in [0.29, 0.717) is 22.2 Å². The molecule has 0 fully saturated rings. The van der Waals surface area contributed by atoms with E-state index in [-0.39, 0.29) is 24.1 Å². The Balaban J connectivity index is 1.64. The van der Waals surface area contributed by atoms with Crippen LogP contribution in [-0.4, -0.2) is 59.3 Å². The maximum atomic E-state index is 15.1. The summed E-state index contributed by atoms with van der Waals surface area (Å²) in [5.74, 6) is -3.42. The van der Waals surface area contributed by atoms with E-state index in [1.54, 1.807) is 36.7 Å². The van der Waals surface area contributed by atoms with E-state index in [1.165, 1.54) is 19.9 Å². The molecule has 44 heavy (non-hydrogen) atoms. The summed E-state index contributed by atoms with van der Waals surface area (Å²) >= 11 is 0. The van der Waals surface area contributed by atoms with Crippen LogP contribution < -0.4 is 15.5 Å². The molecule has 0 unspecified atom stereocenters. The molecular weight excluding hydrogens is 578 g/mol. The maximum absolute atomic E-state index is 15.1. The molecule has 232 valence electrons. The molecule has 12 heteroatoms. The number of carbonyl (C=O) groups is 2. The zero-order valence-corrected chi connectivity index (χ0v) is 24.9. The van der Waals surface area contributed by atoms with Crippen LogP contribution in [0.25, 0.3) is 22.2 Å². The number of pyridine rings is 2. The van der Waals surface area contributed by atoms with Crippen LogP contribution in [0.15, 0.2) is 54.9 Å². The number of anilines is 2. The topological polar surface area (TPSA) is 107 Å². The van der Waals surface area contributed by atoms with Crippen LogP contribution in [-0.2, 0) is 11.2 Å². The predicted molar refractivity (Wildman–Crippen MR) is 162 cm³/mol. The van der Waals surface area contributed by atoms with Crippen molar-refractivity contribution < 1.29 is 32.3 Å². The highest BCUT2D eigenvalue weighted by molar-refractivity contribution is 6.00. The lowest BCUT2D eigenvalue weighted by Crippen LogP contribution is -2.43. The number of alkyl halides is 3. The van der Waals surface area contributed by atoms with Gasteiger partial charge < -0.3 is 20.6 Å². The molecule has 4 aromatic rings. The second-order valence-electron chi connectivity index (χ2n) is 10.8. The second kappa shape index (κ2) is 12.9. The van der Waals surface area contributed by atoms with E-state index in [0.717, 1.165) is 22.9 Å². The molecule has 0 aliphatic heterocycles. The Morgan fingerprint density at radius 2 is 1.80 bits per heavy atom. The molecule has 0 saturated carbocycles. The lowest BCUT2D eigenvalue weighted by molar-refractivity contribution is -0.143. The van der Waals surface area contributed by atoms with E-state index in [4.69, 9.17) is 0 Å². The third kappa shape index (κ3) is 6.90. The van der Waals surface area contributed by atoms with Crippen molar-refractivity contribution in [2.24, 2.45) is 0 Å². The number of aryl methyl sites for hydroxylation is 2. The molecule has 8 nitrogen and oxygen atoms in total. The van der Waals surface area contributed by atoms with E-state index in [1.807, 2.05) is 32.0 Å². The Morgan fingerprint density at radius 3 is 2.41 bits per heavy atom. The number of carboxylic acid groups (broad SMARTS) is 1. The number of nitrogens with one attached hydrogen (secondary N) is 2. The van der Waals surface area contributed by atoms with Gasteiger partial charge in [-0.1, -0.05) is 25.1 Å². The summed E-state index contributed by atoms with van der Waals surface area (Å²) in [6, 6.07) is 7.74. The molecule has 3 N–H and O–H groups in total. The summed E-state index contributed by atoms with van der Waals surface area (Å²) in [7, 11) is 3.81. The average molecular weight is 612 g/mol. The maximum Gasteiger partial charge on any atom is 0.408 e. The smallest absolute Gasteiger partial charge is 0.408 e. The number of amides is 1. The number of benzene rings is 2. The number of hydrogen-bond acceptors (Lipinski definition) is 6. The van der Waals surface area contributed by atoms with E-state index < -0.39 is 41.5 Å². The number of halogens is 4. The molecule has 0 saturated heterocycles. The standard InChI is InChI=1S/C32H33F4N5O3/c1-6-26(32(34,35)36)39-20-13-18(3)27(23(33)15-20)30(42)40-24(31(43)44)14-19-9-10-22(28-21(19)8-7-11-37-28)29-25(41(4)5)12-17(2)16-38-29/h7-13,15-16,24,26,39H,6,14H2,1-5H3,(H,40,42)(H,43,44)/t24-,26+/m0/s1. The Labute approximate surface area is 252 Å². The fourth-order valence-electron chi connectivity index (χ4n) is 5.08. The van der Waals surface area contributed by atoms with Crippen molar-refractivity contribution in [3.63, 3.8) is 0 Å². The first kappa shape index (κ1) is 32.2. The van der Waals surface area contributed by atoms with Crippen molar-refractivity contribution in [2.75, 3.05) is 24.3 Å². The van der Waals surface area contributed by atoms with Gasteiger partial charge in [0.2, 0.25) is 0 Å². The number of aliphatic carboxylic acids is 1. The first-order valence-corrected chi connectivity index (χ1v) is 13.9. The third-order valence-corrected chi connectivity index (χ3v) is 7.29. The molecule has 0 bridgehead atoms. The third-order valence-electron chi connectivity index (χ3n) is 7.29. The molecule has 0 radical (unpaired) electrons. The van der Waals surface area contributed by atoms with Gasteiger partial charge in [0.15, 0.2) is 0 Å². The minimum atomic E-state index is -4.55. The van der Waals surface area contributed by atoms with E-state index in [2.05, 4.69) is 20.6 Å². The summed E-state index contributed by atoms with van der Waals surface area (Å²) in [5.41, 5.74) is 3.92. The molecule has 0 aliphatic carbocycles. The van der Waals surface area contributed by atoms with Crippen LogP contribution in [0.4, 0.5) is 28.9 Å². The highest BCUT2D eigenvalue weighted by atomic mass is 19.4. The lowest BCUT2D eigenvalue weighted by atomic mass is 9.96. The molecule has 2 aromatic heterocycles. The van der Waals surface area contributed by atoms with Gasteiger partial charge in [0.05, 0.1) is 22.5 Å². The first-order valence-electron chi connectivity index (χ1n) is 13.9. The van der Waals surface area contributed by atoms with E-state index >= 15 is 4.39 Å². The van der Waals surface area contributed by atoms with Crippen LogP contribution >= 0.6 is 0 Å². The number of hydrogen-bond donors (Lipinski definition) is 3. The molecule has 2 heterocycles. The molecule has 1 amide bonds. The van der Waals surface area contributed by atoms with Gasteiger partial charge in [-0.3, -0.25) is 14.8 Å². The summed E-state index contributed by atoms with van der Waals surface area (Å²) in [4.78, 5) is 36.5. The van der Waals surface area contributed by atoms with Crippen molar-refractivity contribution >= 4 is 34.2 Å². The Bertz CT molecular complexity index is 1680. The highest BCUT2D eigenvalue weighted by Gasteiger charge is 2.38. The van der Waals surface area contributed by atoms with Crippen LogP contribution in [0, 0.1) is 19.7 Å². The van der Waals surface area contributed by atoms with Gasteiger partial charge in [0.1, 0.15) is 17.9 Å². The van der Waals surface area contributed by atoms with Crippen molar-refractivity contribution in [3.8, 4) is 11.3 Å². The summed E-state index contributed by atoms with van der Waals surface area (Å²) in [6.07, 6.45) is -1.60. The van der Waals surface area contributed by atoms with Crippen molar-refractivity contribution in [1.29, 1.82) is 0 Å². The van der Waals surface area contributed by atoms with Crippen LogP contribution in [0.2, 0.25) is 0 Å². The van der Waals surface area contributed by atoms with Crippen molar-refractivity contribution in [2.45, 2.75) is 51.9 Å². The number of rotatable bonds is 10. The second-order valence-corrected chi connectivity index (χ2v) is 10.8. The number of nitrogens with zero attached hydrogens (tertiary/aromatic N) is 3. The largest absolute Gasteiger partial charge is 0.480 e. The zero-order chi connectivity index (χ0) is 32.3. The van der Waals surface area contributed by atoms with Crippen molar-refractivity contribution in [1.82, 2.24) is 15.3 Å². The van der Waals surface area contributed by atoms with Crippen LogP contribution in [0.3, 0.4) is 0 Å². The van der Waals surface area contributed by atoms with Crippen molar-refractivity contribution in [3.05, 3.63) is 82.9 Å². The molecule has 2 aromatic carbocycles. The number of carboxylic acids is 1. The van der Waals surface area contributed by atoms with Gasteiger partial charge in [-0.25, -0.2) is 9.18 Å². The number of aromatic nitrogens is 2. The first-order chi connectivity index (χ1) is 20.7. The van der Waals surface area contributed by atoms with Gasteiger partial charge in [0, 0.05) is 49.5 Å². The minimum absolute atomic E-state index is 0.0486. The van der Waals surface area contributed by atoms with Gasteiger partial charge in [-0.2, -0.15) is 13.2 Å². The lowest BCUT2D eigenvalue weighted by Gasteiger charge is -2.22. The average Bonchev–Trinajstić information content (AvgIpc) is 2.94. The molecule has 0 aliphatic rings. The zero-order valence-electron chi connectivity index (χ0n) is 24.9. The van der Waals surface area contributed by atoms with Gasteiger partial charge in [0.25, 0.3) is 5.91 Å². The Kier molecular flexibility index (Phi) is 9.41. The van der Waals surface area contributed by atoms with Crippen LogP contribution in [0.1, 0.15) is 40.4 Å². The Morgan fingerprint density at radius 1 is 1.07 bits per heavy atom. The van der Waals surface area contributed by atoms with E-state index in [9.17, 15) is 27.9 Å². The number of fused-ring (bicyclic) bond motifs is 1. The predicted octanol–water partition coefficient (Wildman–Crippen LogP) is 6.30. The molecular formula is C32H33F4N5O3. The fraction of sp³-hybridized carbons (Fsp3) is 0.312.